The number of aromatic nitrogens is 15. The molecule has 0 saturated carbocycles. The molecule has 2 unspecified atom stereocenters. The molecule has 5 aliphatic rings. The van der Waals surface area contributed by atoms with Crippen LogP contribution in [0.3, 0.4) is 0 Å². The third kappa shape index (κ3) is 16.5. The van der Waals surface area contributed by atoms with E-state index in [1.807, 2.05) is 173 Å². The number of rotatable bonds is 15. The van der Waals surface area contributed by atoms with Gasteiger partial charge in [-0.15, -0.1) is 0 Å². The summed E-state index contributed by atoms with van der Waals surface area (Å²) in [6, 6.07) is 36.6. The minimum Gasteiger partial charge on any atom is -0.497 e. The number of hydrogen-bond donors (Lipinski definition) is 3. The summed E-state index contributed by atoms with van der Waals surface area (Å²) < 4.78 is 72.8. The van der Waals surface area contributed by atoms with Gasteiger partial charge in [0.05, 0.1) is 194 Å². The Hall–Kier alpha value is -12.9. The summed E-state index contributed by atoms with van der Waals surface area (Å²) in [6.45, 7) is 26.0. The van der Waals surface area contributed by atoms with E-state index < -0.39 is 18.3 Å². The smallest absolute Gasteiger partial charge is 0.494 e. The highest BCUT2D eigenvalue weighted by Crippen LogP contribution is 2.43. The zero-order valence-electron chi connectivity index (χ0n) is 76.1. The van der Waals surface area contributed by atoms with Crippen molar-refractivity contribution >= 4 is 99.8 Å². The van der Waals surface area contributed by atoms with E-state index in [0.29, 0.717) is 83.7 Å². The van der Waals surface area contributed by atoms with Crippen LogP contribution in [0.2, 0.25) is 0 Å². The van der Waals surface area contributed by atoms with E-state index in [0.717, 1.165) is 222 Å². The van der Waals surface area contributed by atoms with Gasteiger partial charge in [-0.25, -0.2) is 15.0 Å². The lowest BCUT2D eigenvalue weighted by Gasteiger charge is -2.32. The summed E-state index contributed by atoms with van der Waals surface area (Å²) in [5, 5.41) is 24.6. The summed E-state index contributed by atoms with van der Waals surface area (Å²) in [5.41, 5.74) is 18.3. The molecule has 5 aliphatic heterocycles. The Morgan fingerprint density at radius 3 is 1.09 bits per heavy atom. The Morgan fingerprint density at radius 2 is 0.754 bits per heavy atom. The van der Waals surface area contributed by atoms with E-state index in [1.54, 1.807) is 64.9 Å². The molecule has 5 saturated heterocycles. The molecule has 16 aromatic rings. The van der Waals surface area contributed by atoms with Crippen LogP contribution in [-0.2, 0) is 34.8 Å². The molecule has 5 aromatic carbocycles. The summed E-state index contributed by atoms with van der Waals surface area (Å²) in [6.07, 6.45) is 14.6. The van der Waals surface area contributed by atoms with Gasteiger partial charge < -0.3 is 71.5 Å². The van der Waals surface area contributed by atoms with Crippen LogP contribution < -0.4 is 51.4 Å². The van der Waals surface area contributed by atoms with Gasteiger partial charge >= 0.3 is 7.12 Å². The molecule has 0 spiro atoms. The normalized spacial score (nSPS) is 18.0. The summed E-state index contributed by atoms with van der Waals surface area (Å²) >= 11 is 0. The Morgan fingerprint density at radius 1 is 0.400 bits per heavy atom. The fourth-order valence-electron chi connectivity index (χ4n) is 19.1. The van der Waals surface area contributed by atoms with Crippen LogP contribution in [0.15, 0.2) is 153 Å². The topological polar surface area (TPSA) is 332 Å². The zero-order valence-corrected chi connectivity index (χ0v) is 76.1. The first-order valence-electron chi connectivity index (χ1n) is 44.4. The van der Waals surface area contributed by atoms with E-state index in [2.05, 4.69) is 69.5 Å². The molecule has 21 rings (SSSR count). The van der Waals surface area contributed by atoms with E-state index >= 15 is 0 Å². The maximum Gasteiger partial charge on any atom is 0.494 e. The van der Waals surface area contributed by atoms with Crippen molar-refractivity contribution < 1.29 is 51.9 Å². The van der Waals surface area contributed by atoms with Crippen LogP contribution in [0.5, 0.6) is 29.1 Å². The van der Waals surface area contributed by atoms with Crippen molar-refractivity contribution in [3.05, 3.63) is 215 Å². The fourth-order valence-corrected chi connectivity index (χ4v) is 19.1. The Balaban J connectivity index is 0.000000118. The van der Waals surface area contributed by atoms with Crippen molar-refractivity contribution in [1.82, 2.24) is 73.6 Å². The molecule has 31 heteroatoms. The highest BCUT2D eigenvalue weighted by molar-refractivity contribution is 6.62. The molecule has 3 N–H and O–H groups in total. The second-order valence-electron chi connectivity index (χ2n) is 35.4. The molecule has 130 heavy (non-hydrogen) atoms. The minimum atomic E-state index is -0.555. The fraction of sp³-hybridized carbons (Fsp3) is 0.384. The third-order valence-electron chi connectivity index (χ3n) is 26.2. The lowest BCUT2D eigenvalue weighted by Crippen LogP contribution is -2.41. The van der Waals surface area contributed by atoms with Crippen molar-refractivity contribution in [1.29, 1.82) is 0 Å². The number of H-pyrrole nitrogens is 3. The predicted molar refractivity (Wildman–Crippen MR) is 504 cm³/mol. The number of pyridine rings is 7. The number of aromatic amines is 3. The number of nitrogens with one attached hydrogen (secondary N) is 3. The Kier molecular flexibility index (Phi) is 24.4. The number of aryl methyl sites for hydroxylation is 6. The van der Waals surface area contributed by atoms with Crippen LogP contribution in [0.4, 0.5) is 0 Å². The number of fused-ring (bicyclic) bond motifs is 12. The molecular formula is C99H108BN15O15. The van der Waals surface area contributed by atoms with Crippen molar-refractivity contribution in [3.63, 3.8) is 0 Å². The Labute approximate surface area is 749 Å². The predicted octanol–water partition coefficient (Wildman–Crippen LogP) is 15.8. The van der Waals surface area contributed by atoms with E-state index in [9.17, 15) is 19.2 Å². The number of nitrogens with zero attached hydrogens (tertiary/aromatic N) is 12. The van der Waals surface area contributed by atoms with Crippen LogP contribution in [0.25, 0.3) is 121 Å². The SMILES string of the molecule is COc1ccc(Cn2c(=O)c3cnn(C4CCCOC4)c3c3ccc(B4OC(C)(C)C(C)(C)O4)cc32)c(OC)c1.COc1nc(C)cc(C)c1-c1ccc2c(c1)[nH]c(=O)c1cnn(C3CCCOC3)c12.COc1nc(C)cc(C)c1-c1ccc2c(c1)[nH]c(=O)c1cnn([C@@H]3CCCOC3)c12.COc1nc(C)cc(C)c1-c1ccc2c(c1)[nH]c(=O)c1cnn([C@H]3CCCOC3)c12. The number of hydrogen-bond acceptors (Lipinski definition) is 22. The highest BCUT2D eigenvalue weighted by Gasteiger charge is 2.52. The molecule has 4 atom stereocenters. The second-order valence-corrected chi connectivity index (χ2v) is 35.4. The lowest BCUT2D eigenvalue weighted by molar-refractivity contribution is 0.00578. The molecule has 11 aromatic heterocycles. The van der Waals surface area contributed by atoms with Crippen molar-refractivity contribution in [2.75, 3.05) is 88.4 Å². The molecule has 5 fully saturated rings. The molecule has 0 amide bonds. The molecule has 0 aliphatic carbocycles. The zero-order chi connectivity index (χ0) is 90.7. The summed E-state index contributed by atoms with van der Waals surface area (Å²) in [5.74, 6) is 3.09. The van der Waals surface area contributed by atoms with Crippen molar-refractivity contribution in [2.45, 2.75) is 163 Å². The summed E-state index contributed by atoms with van der Waals surface area (Å²) in [4.78, 5) is 75.2. The van der Waals surface area contributed by atoms with Crippen LogP contribution >= 0.6 is 0 Å². The Bertz CT molecular complexity index is 6800. The van der Waals surface area contributed by atoms with Gasteiger partial charge in [0, 0.05) is 93.4 Å². The van der Waals surface area contributed by atoms with Gasteiger partial charge in [-0.05, 0) is 214 Å². The summed E-state index contributed by atoms with van der Waals surface area (Å²) in [7, 11) is 7.56. The van der Waals surface area contributed by atoms with E-state index in [-0.39, 0.29) is 46.4 Å². The molecule has 0 bridgehead atoms. The second kappa shape index (κ2) is 36.2. The van der Waals surface area contributed by atoms with Crippen molar-refractivity contribution in [2.24, 2.45) is 0 Å². The molecule has 30 nitrogen and oxygen atoms in total. The van der Waals surface area contributed by atoms with Crippen molar-refractivity contribution in [3.8, 4) is 62.5 Å². The van der Waals surface area contributed by atoms with Crippen LogP contribution in [-0.4, -0.2) is 180 Å². The first-order valence-corrected chi connectivity index (χ1v) is 44.4. The monoisotopic (exact) mass is 1760 g/mol. The highest BCUT2D eigenvalue weighted by atomic mass is 16.7. The van der Waals surface area contributed by atoms with Gasteiger partial charge in [0.25, 0.3) is 22.2 Å². The maximum atomic E-state index is 14.2. The molecule has 16 heterocycles. The van der Waals surface area contributed by atoms with E-state index in [1.165, 1.54) is 0 Å². The first-order chi connectivity index (χ1) is 62.8. The van der Waals surface area contributed by atoms with Gasteiger partial charge in [-0.1, -0.05) is 48.5 Å². The minimum absolute atomic E-state index is 0.0779. The standard InChI is InChI=1S/C30H36BN3O6.3C23H24N4O3/c1-29(2)30(3,4)40-31(39-29)20-10-12-23-25(14-20)33(17-19-9-11-22(36-5)15-26(19)37-6)28(35)24-16-32-34(27(23)24)21-8-7-13-38-18-21;3*1-13-9-14(2)25-23(29-3)20(13)15-6-7-17-19(10-15)26-22(28)18-11-24-27(21(17)18)16-5-4-8-30-12-16/h9-12,14-16,21H,7-8,13,17-18H2,1-6H3;3*6-7,9-11,16H,4-5,8,12H2,1-3H3,(H,26,28)/t;2*16-;/m.10./s1. The molecular weight excluding hydrogens is 1650 g/mol. The third-order valence-corrected chi connectivity index (χ3v) is 26.2. The van der Waals surface area contributed by atoms with Crippen LogP contribution in [0, 0.1) is 41.5 Å². The lowest BCUT2D eigenvalue weighted by atomic mass is 9.78. The quantitative estimate of drug-likeness (QED) is 0.0803. The van der Waals surface area contributed by atoms with Gasteiger partial charge in [-0.2, -0.15) is 20.4 Å². The first kappa shape index (κ1) is 87.8. The van der Waals surface area contributed by atoms with Gasteiger partial charge in [0.1, 0.15) is 11.5 Å². The average molecular weight is 1760 g/mol. The van der Waals surface area contributed by atoms with Gasteiger partial charge in [0.2, 0.25) is 17.6 Å². The van der Waals surface area contributed by atoms with Gasteiger partial charge in [0.15, 0.2) is 0 Å². The van der Waals surface area contributed by atoms with Gasteiger partial charge in [-0.3, -0.25) is 37.9 Å². The number of benzene rings is 5. The maximum absolute atomic E-state index is 14.2. The largest absolute Gasteiger partial charge is 0.497 e. The number of methoxy groups -OCH3 is 5. The molecule has 672 valence electrons. The number of ether oxygens (including phenoxy) is 9. The van der Waals surface area contributed by atoms with E-state index in [4.69, 9.17) is 57.0 Å². The average Bonchev–Trinajstić information content (AvgIpc) is 1.55. The van der Waals surface area contributed by atoms with Crippen LogP contribution in [0.1, 0.15) is 143 Å². The molecule has 0 radical (unpaired) electrons.